The van der Waals surface area contributed by atoms with Gasteiger partial charge in [0.2, 0.25) is 0 Å². The Morgan fingerprint density at radius 2 is 1.28 bits per heavy atom. The molecule has 2 aromatic rings. The molecule has 0 saturated carbocycles. The molecule has 5 heteroatoms. The van der Waals surface area contributed by atoms with Crippen LogP contribution < -0.4 is 51.4 Å². The van der Waals surface area contributed by atoms with Crippen LogP contribution in [0.25, 0.3) is 10.8 Å². The van der Waals surface area contributed by atoms with Crippen LogP contribution in [0.1, 0.15) is 89.5 Å². The number of fused-ring (bicyclic) bond motifs is 1. The van der Waals surface area contributed by atoms with Crippen molar-refractivity contribution in [3.05, 3.63) is 42.0 Å². The average molecular weight is 443 g/mol. The molecule has 0 fully saturated rings. The maximum Gasteiger partial charge on any atom is 1.00 e. The summed E-state index contributed by atoms with van der Waals surface area (Å²) in [5.41, 5.74) is 0.945. The summed E-state index contributed by atoms with van der Waals surface area (Å²) in [5, 5.41) is 1.35. The molecule has 0 bridgehead atoms. The Labute approximate surface area is 220 Å². The molecule has 2 rings (SSSR count). The smallest absolute Gasteiger partial charge is 0.744 e. The second kappa shape index (κ2) is 15.1. The van der Waals surface area contributed by atoms with Crippen molar-refractivity contribution in [1.82, 2.24) is 0 Å². The molecule has 0 saturated heterocycles. The molecule has 29 heavy (non-hydrogen) atoms. The molecular formula is C24H35KO3S. The van der Waals surface area contributed by atoms with Crippen LogP contribution in [0.5, 0.6) is 0 Å². The fourth-order valence-electron chi connectivity index (χ4n) is 3.86. The zero-order chi connectivity index (χ0) is 20.2. The molecule has 0 aliphatic heterocycles. The maximum absolute atomic E-state index is 11.6. The van der Waals surface area contributed by atoms with Crippen molar-refractivity contribution in [2.24, 2.45) is 0 Å². The predicted octanol–water partition coefficient (Wildman–Crippen LogP) is 3.99. The number of unbranched alkanes of at least 4 members (excludes halogenated alkanes) is 11. The van der Waals surface area contributed by atoms with E-state index in [0.29, 0.717) is 5.39 Å². The van der Waals surface area contributed by atoms with Gasteiger partial charge in [-0.3, -0.25) is 0 Å². The van der Waals surface area contributed by atoms with Gasteiger partial charge < -0.3 is 4.55 Å². The van der Waals surface area contributed by atoms with Crippen molar-refractivity contribution >= 4 is 20.9 Å². The summed E-state index contributed by atoms with van der Waals surface area (Å²) >= 11 is 0. The Hall–Kier alpha value is 0.246. The first-order valence-corrected chi connectivity index (χ1v) is 12.4. The van der Waals surface area contributed by atoms with Gasteiger partial charge in [-0.05, 0) is 35.2 Å². The fraction of sp³-hybridized carbons (Fsp3) is 0.583. The molecule has 2 aromatic carbocycles. The van der Waals surface area contributed by atoms with E-state index in [1.807, 2.05) is 18.2 Å². The van der Waals surface area contributed by atoms with E-state index < -0.39 is 10.1 Å². The number of rotatable bonds is 14. The van der Waals surface area contributed by atoms with E-state index in [1.54, 1.807) is 18.2 Å². The first-order chi connectivity index (χ1) is 13.5. The molecule has 0 heterocycles. The number of benzene rings is 2. The van der Waals surface area contributed by atoms with Gasteiger partial charge in [0.15, 0.2) is 0 Å². The molecule has 0 atom stereocenters. The first-order valence-electron chi connectivity index (χ1n) is 11.0. The molecule has 0 amide bonds. The van der Waals surface area contributed by atoms with Gasteiger partial charge in [0.05, 0.1) is 4.90 Å². The second-order valence-electron chi connectivity index (χ2n) is 7.91. The third kappa shape index (κ3) is 10.4. The van der Waals surface area contributed by atoms with Gasteiger partial charge in [-0.25, -0.2) is 8.42 Å². The van der Waals surface area contributed by atoms with Crippen LogP contribution in [0.4, 0.5) is 0 Å². The maximum atomic E-state index is 11.6. The average Bonchev–Trinajstić information content (AvgIpc) is 2.67. The number of aryl methyl sites for hydroxylation is 1. The largest absolute Gasteiger partial charge is 1.00 e. The van der Waals surface area contributed by atoms with E-state index in [9.17, 15) is 13.0 Å². The third-order valence-electron chi connectivity index (χ3n) is 5.47. The normalized spacial score (nSPS) is 11.5. The van der Waals surface area contributed by atoms with Gasteiger partial charge in [0.1, 0.15) is 10.1 Å². The van der Waals surface area contributed by atoms with Crippen LogP contribution in [0.15, 0.2) is 41.3 Å². The van der Waals surface area contributed by atoms with E-state index in [0.717, 1.165) is 30.2 Å². The predicted molar refractivity (Wildman–Crippen MR) is 117 cm³/mol. The van der Waals surface area contributed by atoms with Crippen LogP contribution in [0, 0.1) is 0 Å². The van der Waals surface area contributed by atoms with Crippen molar-refractivity contribution in [3.8, 4) is 0 Å². The molecule has 0 aliphatic rings. The van der Waals surface area contributed by atoms with Crippen LogP contribution in [-0.2, 0) is 16.5 Å². The second-order valence-corrected chi connectivity index (χ2v) is 9.26. The minimum Gasteiger partial charge on any atom is -0.744 e. The van der Waals surface area contributed by atoms with Crippen molar-refractivity contribution < 1.29 is 64.4 Å². The molecule has 0 unspecified atom stereocenters. The summed E-state index contributed by atoms with van der Waals surface area (Å²) < 4.78 is 34.9. The van der Waals surface area contributed by atoms with Crippen LogP contribution in [0.3, 0.4) is 0 Å². The fourth-order valence-corrected chi connectivity index (χ4v) is 4.61. The molecule has 0 aliphatic carbocycles. The molecule has 0 spiro atoms. The molecule has 0 aromatic heterocycles. The topological polar surface area (TPSA) is 57.2 Å². The van der Waals surface area contributed by atoms with Crippen LogP contribution in [0.2, 0.25) is 0 Å². The summed E-state index contributed by atoms with van der Waals surface area (Å²) in [6.45, 7) is 2.25. The van der Waals surface area contributed by atoms with E-state index in [4.69, 9.17) is 0 Å². The van der Waals surface area contributed by atoms with Crippen molar-refractivity contribution in [2.45, 2.75) is 95.3 Å². The van der Waals surface area contributed by atoms with Gasteiger partial charge in [-0.1, -0.05) is 108 Å². The van der Waals surface area contributed by atoms with Gasteiger partial charge >= 0.3 is 51.4 Å². The Morgan fingerprint density at radius 3 is 1.83 bits per heavy atom. The summed E-state index contributed by atoms with van der Waals surface area (Å²) in [7, 11) is -4.46. The molecule has 3 nitrogen and oxygen atoms in total. The Morgan fingerprint density at radius 1 is 0.759 bits per heavy atom. The van der Waals surface area contributed by atoms with Crippen molar-refractivity contribution in [1.29, 1.82) is 0 Å². The van der Waals surface area contributed by atoms with Gasteiger partial charge in [0, 0.05) is 0 Å². The number of hydrogen-bond acceptors (Lipinski definition) is 3. The Bertz CT molecular complexity index is 818. The van der Waals surface area contributed by atoms with E-state index in [-0.39, 0.29) is 56.3 Å². The minimum atomic E-state index is -4.46. The third-order valence-corrected chi connectivity index (χ3v) is 6.35. The Balaban J connectivity index is 0.00000420. The van der Waals surface area contributed by atoms with E-state index in [2.05, 4.69) is 6.92 Å². The quantitative estimate of drug-likeness (QED) is 0.252. The monoisotopic (exact) mass is 442 g/mol. The van der Waals surface area contributed by atoms with Crippen LogP contribution in [-0.4, -0.2) is 13.0 Å². The minimum absolute atomic E-state index is 0. The zero-order valence-electron chi connectivity index (χ0n) is 18.3. The molecular weight excluding hydrogens is 407 g/mol. The zero-order valence-corrected chi connectivity index (χ0v) is 22.2. The number of hydrogen-bond donors (Lipinski definition) is 0. The molecule has 0 N–H and O–H groups in total. The van der Waals surface area contributed by atoms with Gasteiger partial charge in [-0.15, -0.1) is 0 Å². The van der Waals surface area contributed by atoms with E-state index in [1.165, 1.54) is 64.2 Å². The molecule has 0 radical (unpaired) electrons. The standard InChI is InChI=1S/C24H36O3S.K/c1-2-3-4-5-6-7-8-9-10-11-12-13-16-21-19-22-17-14-15-18-23(22)24(20-21)28(25,26)27;/h14-15,17-20H,2-13,16H2,1H3,(H,25,26,27);/q;+1/p-1. The summed E-state index contributed by atoms with van der Waals surface area (Å²) in [6.07, 6.45) is 16.4. The van der Waals surface area contributed by atoms with Gasteiger partial charge in [0.25, 0.3) is 0 Å². The summed E-state index contributed by atoms with van der Waals surface area (Å²) in [4.78, 5) is -0.0838. The first kappa shape index (κ1) is 27.3. The van der Waals surface area contributed by atoms with Crippen LogP contribution >= 0.6 is 0 Å². The molecule has 156 valence electrons. The van der Waals surface area contributed by atoms with E-state index >= 15 is 0 Å². The van der Waals surface area contributed by atoms with Crippen molar-refractivity contribution in [2.75, 3.05) is 0 Å². The Kier molecular flexibility index (Phi) is 14.2. The van der Waals surface area contributed by atoms with Crippen molar-refractivity contribution in [3.63, 3.8) is 0 Å². The summed E-state index contributed by atoms with van der Waals surface area (Å²) in [6, 6.07) is 10.8. The summed E-state index contributed by atoms with van der Waals surface area (Å²) in [5.74, 6) is 0. The SMILES string of the molecule is CCCCCCCCCCCCCCc1cc(S(=O)(=O)[O-])c2ccccc2c1.[K+]. The van der Waals surface area contributed by atoms with Gasteiger partial charge in [-0.2, -0.15) is 0 Å².